The van der Waals surface area contributed by atoms with Crippen LogP contribution < -0.4 is 5.32 Å². The van der Waals surface area contributed by atoms with Crippen LogP contribution in [0.5, 0.6) is 0 Å². The molecule has 4 nitrogen and oxygen atoms in total. The minimum atomic E-state index is 0.155. The van der Waals surface area contributed by atoms with E-state index in [2.05, 4.69) is 15.3 Å². The maximum absolute atomic E-state index is 4.78. The number of hydrogen-bond donors (Lipinski definition) is 1. The Labute approximate surface area is 113 Å². The first-order chi connectivity index (χ1) is 9.23. The molecule has 0 aliphatic heterocycles. The maximum atomic E-state index is 4.78. The van der Waals surface area contributed by atoms with Crippen LogP contribution in [0.2, 0.25) is 0 Å². The monoisotopic (exact) mass is 254 g/mol. The minimum absolute atomic E-state index is 0.155. The van der Waals surface area contributed by atoms with E-state index in [0.29, 0.717) is 0 Å². The first kappa shape index (κ1) is 12.2. The van der Waals surface area contributed by atoms with Gasteiger partial charge in [0.25, 0.3) is 0 Å². The van der Waals surface area contributed by atoms with Crippen molar-refractivity contribution in [3.8, 4) is 11.3 Å². The van der Waals surface area contributed by atoms with Crippen molar-refractivity contribution in [2.45, 2.75) is 25.2 Å². The second-order valence-corrected chi connectivity index (χ2v) is 5.26. The Morgan fingerprint density at radius 3 is 2.58 bits per heavy atom. The molecule has 0 unspecified atom stereocenters. The SMILES string of the molecule is CNCC1(c2nc(C)cc(-c3ccncc3)n2)CC1. The van der Waals surface area contributed by atoms with Gasteiger partial charge in [-0.3, -0.25) is 4.98 Å². The van der Waals surface area contributed by atoms with Gasteiger partial charge in [0.05, 0.1) is 5.69 Å². The van der Waals surface area contributed by atoms with Gasteiger partial charge in [0, 0.05) is 35.6 Å². The fourth-order valence-electron chi connectivity index (χ4n) is 2.44. The molecule has 0 atom stereocenters. The van der Waals surface area contributed by atoms with Crippen LogP contribution in [0, 0.1) is 6.92 Å². The molecule has 1 aliphatic rings. The molecule has 2 heterocycles. The molecule has 4 heteroatoms. The Morgan fingerprint density at radius 2 is 1.95 bits per heavy atom. The van der Waals surface area contributed by atoms with Gasteiger partial charge >= 0.3 is 0 Å². The largest absolute Gasteiger partial charge is 0.319 e. The lowest BCUT2D eigenvalue weighted by molar-refractivity contribution is 0.586. The second-order valence-electron chi connectivity index (χ2n) is 5.26. The molecular formula is C15H18N4. The van der Waals surface area contributed by atoms with Crippen molar-refractivity contribution in [2.24, 2.45) is 0 Å². The summed E-state index contributed by atoms with van der Waals surface area (Å²) in [5.74, 6) is 0.980. The van der Waals surface area contributed by atoms with Gasteiger partial charge in [-0.05, 0) is 45.0 Å². The number of rotatable bonds is 4. The quantitative estimate of drug-likeness (QED) is 0.907. The van der Waals surface area contributed by atoms with Crippen molar-refractivity contribution >= 4 is 0 Å². The van der Waals surface area contributed by atoms with E-state index in [9.17, 15) is 0 Å². The predicted molar refractivity (Wildman–Crippen MR) is 74.8 cm³/mol. The van der Waals surface area contributed by atoms with Crippen LogP contribution in [0.1, 0.15) is 24.4 Å². The van der Waals surface area contributed by atoms with Crippen LogP contribution in [-0.2, 0) is 5.41 Å². The van der Waals surface area contributed by atoms with E-state index in [1.54, 1.807) is 12.4 Å². The van der Waals surface area contributed by atoms with Gasteiger partial charge in [-0.15, -0.1) is 0 Å². The van der Waals surface area contributed by atoms with E-state index in [1.165, 1.54) is 12.8 Å². The molecule has 2 aromatic heterocycles. The zero-order valence-corrected chi connectivity index (χ0v) is 11.3. The molecule has 0 saturated heterocycles. The fourth-order valence-corrected chi connectivity index (χ4v) is 2.44. The topological polar surface area (TPSA) is 50.7 Å². The first-order valence-corrected chi connectivity index (χ1v) is 6.65. The van der Waals surface area contributed by atoms with E-state index < -0.39 is 0 Å². The predicted octanol–water partition coefficient (Wildman–Crippen LogP) is 2.10. The molecule has 0 aromatic carbocycles. The molecular weight excluding hydrogens is 236 g/mol. The third kappa shape index (κ3) is 2.36. The normalized spacial score (nSPS) is 16.3. The molecule has 19 heavy (non-hydrogen) atoms. The summed E-state index contributed by atoms with van der Waals surface area (Å²) in [5.41, 5.74) is 3.27. The Bertz CT molecular complexity index is 576. The molecule has 0 bridgehead atoms. The minimum Gasteiger partial charge on any atom is -0.319 e. The summed E-state index contributed by atoms with van der Waals surface area (Å²) in [6.45, 7) is 2.98. The highest BCUT2D eigenvalue weighted by Crippen LogP contribution is 2.46. The average Bonchev–Trinajstić information content (AvgIpc) is 3.21. The van der Waals surface area contributed by atoms with Crippen molar-refractivity contribution in [3.63, 3.8) is 0 Å². The van der Waals surface area contributed by atoms with Crippen molar-refractivity contribution in [1.82, 2.24) is 20.3 Å². The molecule has 3 rings (SSSR count). The third-order valence-corrected chi connectivity index (χ3v) is 3.67. The van der Waals surface area contributed by atoms with Crippen LogP contribution in [0.25, 0.3) is 11.3 Å². The molecule has 1 N–H and O–H groups in total. The maximum Gasteiger partial charge on any atom is 0.136 e. The fraction of sp³-hybridized carbons (Fsp3) is 0.400. The smallest absolute Gasteiger partial charge is 0.136 e. The Kier molecular flexibility index (Phi) is 3.03. The van der Waals surface area contributed by atoms with Gasteiger partial charge in [-0.25, -0.2) is 9.97 Å². The lowest BCUT2D eigenvalue weighted by Crippen LogP contribution is -2.26. The molecule has 98 valence electrons. The summed E-state index contributed by atoms with van der Waals surface area (Å²) < 4.78 is 0. The van der Waals surface area contributed by atoms with Crippen molar-refractivity contribution in [2.75, 3.05) is 13.6 Å². The van der Waals surface area contributed by atoms with E-state index in [1.807, 2.05) is 32.2 Å². The molecule has 1 aliphatic carbocycles. The molecule has 0 spiro atoms. The number of pyridine rings is 1. The van der Waals surface area contributed by atoms with Gasteiger partial charge in [-0.1, -0.05) is 0 Å². The van der Waals surface area contributed by atoms with Crippen molar-refractivity contribution in [1.29, 1.82) is 0 Å². The standard InChI is InChI=1S/C15H18N4/c1-11-9-13(12-3-7-17-8-4-12)19-14(18-11)15(5-6-15)10-16-2/h3-4,7-9,16H,5-6,10H2,1-2H3. The number of nitrogens with zero attached hydrogens (tertiary/aromatic N) is 3. The highest BCUT2D eigenvalue weighted by molar-refractivity contribution is 5.58. The van der Waals surface area contributed by atoms with E-state index in [0.717, 1.165) is 29.3 Å². The summed E-state index contributed by atoms with van der Waals surface area (Å²) in [5, 5.41) is 3.26. The summed E-state index contributed by atoms with van der Waals surface area (Å²) in [7, 11) is 1.99. The van der Waals surface area contributed by atoms with E-state index in [-0.39, 0.29) is 5.41 Å². The average molecular weight is 254 g/mol. The van der Waals surface area contributed by atoms with Crippen molar-refractivity contribution < 1.29 is 0 Å². The summed E-state index contributed by atoms with van der Waals surface area (Å²) in [6.07, 6.45) is 5.94. The Hall–Kier alpha value is -1.81. The molecule has 1 fully saturated rings. The number of aromatic nitrogens is 3. The number of nitrogens with one attached hydrogen (secondary N) is 1. The van der Waals surface area contributed by atoms with E-state index >= 15 is 0 Å². The number of hydrogen-bond acceptors (Lipinski definition) is 4. The van der Waals surface area contributed by atoms with Gasteiger partial charge in [0.2, 0.25) is 0 Å². The summed E-state index contributed by atoms with van der Waals surface area (Å²) >= 11 is 0. The second kappa shape index (κ2) is 4.70. The zero-order chi connectivity index (χ0) is 13.3. The van der Waals surface area contributed by atoms with Crippen LogP contribution in [-0.4, -0.2) is 28.5 Å². The van der Waals surface area contributed by atoms with Crippen LogP contribution in [0.15, 0.2) is 30.6 Å². The summed E-state index contributed by atoms with van der Waals surface area (Å²) in [6, 6.07) is 6.01. The van der Waals surface area contributed by atoms with Gasteiger partial charge in [0.1, 0.15) is 5.82 Å². The first-order valence-electron chi connectivity index (χ1n) is 6.65. The van der Waals surface area contributed by atoms with E-state index in [4.69, 9.17) is 4.98 Å². The highest BCUT2D eigenvalue weighted by Gasteiger charge is 2.46. The van der Waals surface area contributed by atoms with Gasteiger partial charge < -0.3 is 5.32 Å². The van der Waals surface area contributed by atoms with Crippen LogP contribution >= 0.6 is 0 Å². The van der Waals surface area contributed by atoms with Gasteiger partial charge in [-0.2, -0.15) is 0 Å². The summed E-state index contributed by atoms with van der Waals surface area (Å²) in [4.78, 5) is 13.5. The number of aryl methyl sites for hydroxylation is 1. The Balaban J connectivity index is 2.02. The molecule has 2 aromatic rings. The van der Waals surface area contributed by atoms with Gasteiger partial charge in [0.15, 0.2) is 0 Å². The lowest BCUT2D eigenvalue weighted by atomic mass is 10.1. The zero-order valence-electron chi connectivity index (χ0n) is 11.3. The molecule has 1 saturated carbocycles. The molecule has 0 radical (unpaired) electrons. The number of likely N-dealkylation sites (N-methyl/N-ethyl adjacent to an activating group) is 1. The Morgan fingerprint density at radius 1 is 1.21 bits per heavy atom. The lowest BCUT2D eigenvalue weighted by Gasteiger charge is -2.15. The highest BCUT2D eigenvalue weighted by atomic mass is 15.0. The third-order valence-electron chi connectivity index (χ3n) is 3.67. The van der Waals surface area contributed by atoms with Crippen molar-refractivity contribution in [3.05, 3.63) is 42.1 Å². The molecule has 0 amide bonds. The van der Waals surface area contributed by atoms with Crippen LogP contribution in [0.4, 0.5) is 0 Å². The van der Waals surface area contributed by atoms with Crippen LogP contribution in [0.3, 0.4) is 0 Å².